The van der Waals surface area contributed by atoms with Gasteiger partial charge in [0.05, 0.1) is 5.69 Å². The molecule has 0 atom stereocenters. The third-order valence-corrected chi connectivity index (χ3v) is 6.07. The molecule has 1 heterocycles. The van der Waals surface area contributed by atoms with E-state index < -0.39 is 0 Å². The largest absolute Gasteiger partial charge is 0.383 e. The molecule has 2 aromatic carbocycles. The lowest BCUT2D eigenvalue weighted by Crippen LogP contribution is -2.29. The van der Waals surface area contributed by atoms with Crippen LogP contribution in [0.1, 0.15) is 37.3 Å². The lowest BCUT2D eigenvalue weighted by Gasteiger charge is -2.17. The van der Waals surface area contributed by atoms with Crippen molar-refractivity contribution < 1.29 is 9.59 Å². The minimum absolute atomic E-state index is 0.126. The van der Waals surface area contributed by atoms with Crippen LogP contribution >= 0.6 is 0 Å². The van der Waals surface area contributed by atoms with Crippen molar-refractivity contribution in [3.8, 4) is 11.1 Å². The molecule has 0 unspecified atom stereocenters. The smallest absolute Gasteiger partial charge is 0.327 e. The number of imide groups is 1. The van der Waals surface area contributed by atoms with Gasteiger partial charge in [0.25, 0.3) is 0 Å². The highest BCUT2D eigenvalue weighted by Crippen LogP contribution is 2.39. The summed E-state index contributed by atoms with van der Waals surface area (Å²) in [5.41, 5.74) is 13.7. The fraction of sp³-hybridized carbons (Fsp3) is 0.417. The number of benzene rings is 2. The van der Waals surface area contributed by atoms with E-state index in [1.165, 1.54) is 19.9 Å². The second-order valence-electron chi connectivity index (χ2n) is 8.46. The number of likely N-dealkylation sites (N-methyl/N-ethyl adjacent to an activating group) is 1. The Bertz CT molecular complexity index is 998. The molecule has 0 bridgehead atoms. The first kappa shape index (κ1) is 21.0. The Morgan fingerprint density at radius 3 is 2.45 bits per heavy atom. The third-order valence-electron chi connectivity index (χ3n) is 6.07. The number of carbonyl (C=O) groups is 2. The highest BCUT2D eigenvalue weighted by Gasteiger charge is 2.32. The summed E-state index contributed by atoms with van der Waals surface area (Å²) in [4.78, 5) is 26.6. The van der Waals surface area contributed by atoms with Crippen molar-refractivity contribution in [1.29, 1.82) is 5.53 Å². The molecular weight excluding hydrogens is 390 g/mol. The topological polar surface area (TPSA) is 88.9 Å². The Kier molecular flexibility index (Phi) is 6.02. The quantitative estimate of drug-likeness (QED) is 0.433. The van der Waals surface area contributed by atoms with Gasteiger partial charge in [-0.2, -0.15) is 5.11 Å². The minimum atomic E-state index is -0.254. The molecule has 1 saturated heterocycles. The van der Waals surface area contributed by atoms with E-state index in [1.807, 2.05) is 30.3 Å². The zero-order valence-electron chi connectivity index (χ0n) is 18.1. The zero-order valence-corrected chi connectivity index (χ0v) is 18.1. The molecule has 0 radical (unpaired) electrons. The molecule has 3 amide bonds. The zero-order chi connectivity index (χ0) is 22.0. The van der Waals surface area contributed by atoms with Gasteiger partial charge in [0, 0.05) is 20.1 Å². The van der Waals surface area contributed by atoms with Crippen LogP contribution in [0.25, 0.3) is 11.1 Å². The Balaban J connectivity index is 1.57. The monoisotopic (exact) mass is 419 g/mol. The summed E-state index contributed by atoms with van der Waals surface area (Å²) >= 11 is 0. The number of hydrogen-bond donors (Lipinski definition) is 2. The van der Waals surface area contributed by atoms with E-state index in [0.29, 0.717) is 6.54 Å². The van der Waals surface area contributed by atoms with Crippen molar-refractivity contribution in [2.24, 2.45) is 11.0 Å². The number of amides is 3. The number of nitrogens with one attached hydrogen (secondary N) is 2. The normalized spacial score (nSPS) is 16.2. The maximum Gasteiger partial charge on any atom is 0.327 e. The first-order valence-electron chi connectivity index (χ1n) is 10.9. The first-order valence-corrected chi connectivity index (χ1v) is 10.9. The van der Waals surface area contributed by atoms with Crippen LogP contribution in [0.2, 0.25) is 0 Å². The molecule has 1 aliphatic carbocycles. The fourth-order valence-electron chi connectivity index (χ4n) is 4.05. The van der Waals surface area contributed by atoms with E-state index in [1.54, 1.807) is 4.90 Å². The van der Waals surface area contributed by atoms with Gasteiger partial charge in [-0.05, 0) is 53.5 Å². The van der Waals surface area contributed by atoms with Crippen molar-refractivity contribution in [2.45, 2.75) is 39.2 Å². The average molecular weight is 420 g/mol. The van der Waals surface area contributed by atoms with E-state index in [9.17, 15) is 9.59 Å². The molecule has 162 valence electrons. The predicted octanol–water partition coefficient (Wildman–Crippen LogP) is 5.18. The van der Waals surface area contributed by atoms with Crippen molar-refractivity contribution in [3.63, 3.8) is 0 Å². The number of anilines is 1. The molecule has 31 heavy (non-hydrogen) atoms. The Hall–Kier alpha value is -3.22. The van der Waals surface area contributed by atoms with Crippen molar-refractivity contribution in [3.05, 3.63) is 47.5 Å². The number of urea groups is 1. The van der Waals surface area contributed by atoms with Gasteiger partial charge in [-0.1, -0.05) is 43.7 Å². The molecule has 2 aromatic rings. The Morgan fingerprint density at radius 2 is 1.87 bits per heavy atom. The molecule has 7 nitrogen and oxygen atoms in total. The van der Waals surface area contributed by atoms with Gasteiger partial charge in [0.2, 0.25) is 5.91 Å². The van der Waals surface area contributed by atoms with E-state index in [-0.39, 0.29) is 18.5 Å². The summed E-state index contributed by atoms with van der Waals surface area (Å²) in [5.74, 6) is 0.575. The van der Waals surface area contributed by atoms with Crippen LogP contribution in [0.5, 0.6) is 0 Å². The van der Waals surface area contributed by atoms with Gasteiger partial charge in [-0.25, -0.2) is 10.3 Å². The molecule has 2 fully saturated rings. The van der Waals surface area contributed by atoms with Gasteiger partial charge in [-0.15, -0.1) is 0 Å². The minimum Gasteiger partial charge on any atom is -0.383 e. The lowest BCUT2D eigenvalue weighted by molar-refractivity contribution is -0.124. The predicted molar refractivity (Wildman–Crippen MR) is 120 cm³/mol. The first-order chi connectivity index (χ1) is 15.0. The van der Waals surface area contributed by atoms with Crippen LogP contribution in [0.3, 0.4) is 0 Å². The highest BCUT2D eigenvalue weighted by molar-refractivity contribution is 6.01. The molecule has 7 heteroatoms. The molecule has 0 spiro atoms. The average Bonchev–Trinajstić information content (AvgIpc) is 3.57. The van der Waals surface area contributed by atoms with Gasteiger partial charge in [-0.3, -0.25) is 9.69 Å². The van der Waals surface area contributed by atoms with Gasteiger partial charge in [0.1, 0.15) is 12.2 Å². The molecule has 2 aliphatic rings. The fourth-order valence-corrected chi connectivity index (χ4v) is 4.05. The molecule has 2 N–H and O–H groups in total. The summed E-state index contributed by atoms with van der Waals surface area (Å²) in [6, 6.07) is 12.0. The summed E-state index contributed by atoms with van der Waals surface area (Å²) in [5, 5.41) is 7.37. The third kappa shape index (κ3) is 4.45. The molecule has 4 rings (SSSR count). The summed E-state index contributed by atoms with van der Waals surface area (Å²) in [6.45, 7) is 3.61. The summed E-state index contributed by atoms with van der Waals surface area (Å²) < 4.78 is 0. The van der Waals surface area contributed by atoms with Crippen LogP contribution in [-0.4, -0.2) is 41.9 Å². The number of hydrogen-bond acceptors (Lipinski definition) is 5. The number of rotatable bonds is 9. The van der Waals surface area contributed by atoms with Crippen molar-refractivity contribution in [2.75, 3.05) is 25.5 Å². The maximum atomic E-state index is 12.1. The highest BCUT2D eigenvalue weighted by atomic mass is 16.2. The molecule has 0 aromatic heterocycles. The van der Waals surface area contributed by atoms with E-state index in [4.69, 9.17) is 5.53 Å². The molecule has 1 saturated carbocycles. The number of nitrogens with zero attached hydrogens (tertiary/aromatic N) is 3. The Labute approximate surface area is 182 Å². The standard InChI is InChI=1S/C24H29N5O2/c1-3-4-20-19(11-12-21(23(20)27-25)26-13-16-5-6-16)18-9-7-17(8-10-18)14-29-15-22(30)28(2)24(29)31/h7-12,16,25-26H,3-6,13-15H2,1-2H3. The van der Waals surface area contributed by atoms with Gasteiger partial charge >= 0.3 is 6.03 Å². The summed E-state index contributed by atoms with van der Waals surface area (Å²) in [7, 11) is 1.52. The van der Waals surface area contributed by atoms with E-state index >= 15 is 0 Å². The second-order valence-corrected chi connectivity index (χ2v) is 8.46. The van der Waals surface area contributed by atoms with Crippen LogP contribution in [0.4, 0.5) is 16.2 Å². The summed E-state index contributed by atoms with van der Waals surface area (Å²) in [6.07, 6.45) is 4.38. The van der Waals surface area contributed by atoms with Crippen LogP contribution in [0, 0.1) is 11.4 Å². The van der Waals surface area contributed by atoms with E-state index in [0.717, 1.165) is 63.8 Å². The van der Waals surface area contributed by atoms with Crippen LogP contribution in [-0.2, 0) is 17.8 Å². The maximum absolute atomic E-state index is 12.1. The molecule has 1 aliphatic heterocycles. The SMILES string of the molecule is CCCc1c(-c2ccc(CN3CC(=O)N(C)C3=O)cc2)ccc(NCC2CC2)c1N=N. The van der Waals surface area contributed by atoms with Crippen LogP contribution < -0.4 is 5.32 Å². The van der Waals surface area contributed by atoms with Gasteiger partial charge in [0.15, 0.2) is 0 Å². The van der Waals surface area contributed by atoms with Crippen LogP contribution in [0.15, 0.2) is 41.5 Å². The van der Waals surface area contributed by atoms with Gasteiger partial charge < -0.3 is 10.2 Å². The van der Waals surface area contributed by atoms with Crippen molar-refractivity contribution in [1.82, 2.24) is 9.80 Å². The number of carbonyl (C=O) groups excluding carboxylic acids is 2. The lowest BCUT2D eigenvalue weighted by atomic mass is 9.93. The van der Waals surface area contributed by atoms with Crippen molar-refractivity contribution >= 4 is 23.3 Å². The van der Waals surface area contributed by atoms with E-state index in [2.05, 4.69) is 23.4 Å². The second kappa shape index (κ2) is 8.88. The molecular formula is C24H29N5O2. The Morgan fingerprint density at radius 1 is 1.13 bits per heavy atom.